The second-order valence-corrected chi connectivity index (χ2v) is 5.60. The molecule has 6 heteroatoms. The second-order valence-electron chi connectivity index (χ2n) is 5.60. The Bertz CT molecular complexity index is 644. The van der Waals surface area contributed by atoms with E-state index in [1.54, 1.807) is 0 Å². The summed E-state index contributed by atoms with van der Waals surface area (Å²) in [6.45, 7) is 0.156. The van der Waals surface area contributed by atoms with Crippen molar-refractivity contribution in [3.05, 3.63) is 36.1 Å². The second kappa shape index (κ2) is 5.66. The number of piperidine rings is 1. The minimum Gasteiger partial charge on any atom is -0.461 e. The number of fused-ring (bicyclic) bond motifs is 1. The maximum Gasteiger partial charge on any atom is 0.471 e. The Balaban J connectivity index is 1.80. The van der Waals surface area contributed by atoms with Gasteiger partial charge in [0, 0.05) is 24.4 Å². The molecular weight excluding hydrogens is 295 g/mol. The summed E-state index contributed by atoms with van der Waals surface area (Å²) in [6, 6.07) is 8.81. The zero-order valence-corrected chi connectivity index (χ0v) is 11.9. The lowest BCUT2D eigenvalue weighted by Gasteiger charge is -2.35. The Morgan fingerprint density at radius 1 is 1.27 bits per heavy atom. The van der Waals surface area contributed by atoms with Crippen molar-refractivity contribution in [3.8, 4) is 0 Å². The first kappa shape index (κ1) is 14.9. The molecule has 0 N–H and O–H groups in total. The van der Waals surface area contributed by atoms with E-state index < -0.39 is 18.1 Å². The molecule has 0 saturated carbocycles. The summed E-state index contributed by atoms with van der Waals surface area (Å²) in [5, 5.41) is 0.919. The Morgan fingerprint density at radius 3 is 2.77 bits per heavy atom. The number of likely N-dealkylation sites (tertiary alicyclic amines) is 1. The van der Waals surface area contributed by atoms with E-state index in [4.69, 9.17) is 4.42 Å². The molecule has 1 aliphatic rings. The molecule has 0 radical (unpaired) electrons. The quantitative estimate of drug-likeness (QED) is 0.842. The summed E-state index contributed by atoms with van der Waals surface area (Å²) in [4.78, 5) is 12.5. The zero-order valence-electron chi connectivity index (χ0n) is 11.9. The first-order valence-electron chi connectivity index (χ1n) is 7.30. The van der Waals surface area contributed by atoms with Crippen LogP contribution in [0.4, 0.5) is 13.2 Å². The molecule has 1 aromatic carbocycles. The molecule has 1 fully saturated rings. The Morgan fingerprint density at radius 2 is 2.05 bits per heavy atom. The molecule has 1 unspecified atom stereocenters. The van der Waals surface area contributed by atoms with E-state index in [-0.39, 0.29) is 6.54 Å². The van der Waals surface area contributed by atoms with Crippen molar-refractivity contribution in [2.45, 2.75) is 37.9 Å². The van der Waals surface area contributed by atoms with E-state index in [0.29, 0.717) is 30.6 Å². The van der Waals surface area contributed by atoms with Gasteiger partial charge in [-0.1, -0.05) is 18.2 Å². The fraction of sp³-hybridized carbons (Fsp3) is 0.438. The Hall–Kier alpha value is -1.98. The highest BCUT2D eigenvalue weighted by molar-refractivity contribution is 5.82. The molecule has 1 saturated heterocycles. The van der Waals surface area contributed by atoms with Crippen LogP contribution >= 0.6 is 0 Å². The summed E-state index contributed by atoms with van der Waals surface area (Å²) in [5.41, 5.74) is 0.710. The average Bonchev–Trinajstić information content (AvgIpc) is 2.88. The number of hydrogen-bond acceptors (Lipinski definition) is 2. The van der Waals surface area contributed by atoms with E-state index in [1.807, 2.05) is 30.3 Å². The number of hydrogen-bond donors (Lipinski definition) is 0. The van der Waals surface area contributed by atoms with E-state index in [0.717, 1.165) is 16.7 Å². The third kappa shape index (κ3) is 2.96. The van der Waals surface area contributed by atoms with Crippen LogP contribution < -0.4 is 0 Å². The maximum atomic E-state index is 12.7. The van der Waals surface area contributed by atoms with Crippen molar-refractivity contribution in [2.24, 2.45) is 0 Å². The number of halogens is 3. The van der Waals surface area contributed by atoms with Crippen LogP contribution in [0.3, 0.4) is 0 Å². The van der Waals surface area contributed by atoms with Crippen molar-refractivity contribution in [1.29, 1.82) is 0 Å². The van der Waals surface area contributed by atoms with Crippen LogP contribution in [0.5, 0.6) is 0 Å². The Labute approximate surface area is 125 Å². The fourth-order valence-corrected chi connectivity index (χ4v) is 3.01. The molecule has 2 aromatic rings. The van der Waals surface area contributed by atoms with Gasteiger partial charge in [0.1, 0.15) is 11.3 Å². The minimum absolute atomic E-state index is 0.156. The lowest BCUT2D eigenvalue weighted by atomic mass is 9.98. The topological polar surface area (TPSA) is 33.5 Å². The van der Waals surface area contributed by atoms with E-state index >= 15 is 0 Å². The molecular formula is C16H16F3NO2. The highest BCUT2D eigenvalue weighted by Crippen LogP contribution is 2.28. The third-order valence-corrected chi connectivity index (χ3v) is 4.04. The fourth-order valence-electron chi connectivity index (χ4n) is 3.01. The number of alkyl halides is 3. The van der Waals surface area contributed by atoms with Crippen LogP contribution in [0.15, 0.2) is 34.7 Å². The number of rotatable bonds is 2. The summed E-state index contributed by atoms with van der Waals surface area (Å²) < 4.78 is 43.8. The zero-order chi connectivity index (χ0) is 15.7. The normalized spacial score (nSPS) is 19.6. The number of benzene rings is 1. The van der Waals surface area contributed by atoms with Crippen molar-refractivity contribution in [1.82, 2.24) is 4.90 Å². The first-order chi connectivity index (χ1) is 10.4. The molecule has 3 rings (SSSR count). The third-order valence-electron chi connectivity index (χ3n) is 4.04. The summed E-state index contributed by atoms with van der Waals surface area (Å²) >= 11 is 0. The molecule has 2 heterocycles. The van der Waals surface area contributed by atoms with Crippen molar-refractivity contribution in [2.75, 3.05) is 6.54 Å². The average molecular weight is 311 g/mol. The molecule has 1 aliphatic heterocycles. The van der Waals surface area contributed by atoms with Gasteiger partial charge in [0.25, 0.3) is 0 Å². The largest absolute Gasteiger partial charge is 0.471 e. The van der Waals surface area contributed by atoms with Gasteiger partial charge in [-0.25, -0.2) is 0 Å². The van der Waals surface area contributed by atoms with Crippen LogP contribution in [0.25, 0.3) is 11.0 Å². The summed E-state index contributed by atoms with van der Waals surface area (Å²) in [7, 11) is 0. The highest BCUT2D eigenvalue weighted by atomic mass is 19.4. The predicted molar refractivity (Wildman–Crippen MR) is 75.3 cm³/mol. The number of carbonyl (C=O) groups excluding carboxylic acids is 1. The van der Waals surface area contributed by atoms with Gasteiger partial charge in [-0.05, 0) is 31.4 Å². The van der Waals surface area contributed by atoms with Gasteiger partial charge in [0.15, 0.2) is 0 Å². The SMILES string of the molecule is O=C(N1CCCCC1Cc1cc2ccccc2o1)C(F)(F)F. The van der Waals surface area contributed by atoms with Crippen LogP contribution in [-0.2, 0) is 11.2 Å². The number of para-hydroxylation sites is 1. The molecule has 0 bridgehead atoms. The van der Waals surface area contributed by atoms with Gasteiger partial charge in [-0.15, -0.1) is 0 Å². The highest BCUT2D eigenvalue weighted by Gasteiger charge is 2.45. The molecule has 1 aromatic heterocycles. The smallest absolute Gasteiger partial charge is 0.461 e. The molecule has 22 heavy (non-hydrogen) atoms. The molecule has 3 nitrogen and oxygen atoms in total. The van der Waals surface area contributed by atoms with Gasteiger partial charge in [0.05, 0.1) is 0 Å². The number of nitrogens with zero attached hydrogens (tertiary/aromatic N) is 1. The maximum absolute atomic E-state index is 12.7. The van der Waals surface area contributed by atoms with Crippen molar-refractivity contribution in [3.63, 3.8) is 0 Å². The van der Waals surface area contributed by atoms with Gasteiger partial charge in [-0.2, -0.15) is 13.2 Å². The molecule has 1 atom stereocenters. The van der Waals surface area contributed by atoms with Crippen molar-refractivity contribution >= 4 is 16.9 Å². The minimum atomic E-state index is -4.82. The van der Waals surface area contributed by atoms with Crippen LogP contribution in [0.1, 0.15) is 25.0 Å². The lowest BCUT2D eigenvalue weighted by molar-refractivity contribution is -0.189. The van der Waals surface area contributed by atoms with Crippen LogP contribution in [0.2, 0.25) is 0 Å². The van der Waals surface area contributed by atoms with E-state index in [2.05, 4.69) is 0 Å². The number of amides is 1. The van der Waals surface area contributed by atoms with Gasteiger partial charge < -0.3 is 9.32 Å². The number of carbonyl (C=O) groups is 1. The molecule has 0 aliphatic carbocycles. The summed E-state index contributed by atoms with van der Waals surface area (Å²) in [5.74, 6) is -1.12. The van der Waals surface area contributed by atoms with Crippen LogP contribution in [0, 0.1) is 0 Å². The van der Waals surface area contributed by atoms with Gasteiger partial charge in [-0.3, -0.25) is 4.79 Å². The van der Waals surface area contributed by atoms with Gasteiger partial charge >= 0.3 is 12.1 Å². The molecule has 118 valence electrons. The van der Waals surface area contributed by atoms with Gasteiger partial charge in [0.2, 0.25) is 0 Å². The standard InChI is InChI=1S/C16H16F3NO2/c17-16(18,19)15(21)20-8-4-3-6-12(20)10-13-9-11-5-1-2-7-14(11)22-13/h1-2,5,7,9,12H,3-4,6,8,10H2. The van der Waals surface area contributed by atoms with Crippen LogP contribution in [-0.4, -0.2) is 29.6 Å². The predicted octanol–water partition coefficient (Wildman–Crippen LogP) is 3.92. The monoisotopic (exact) mass is 311 g/mol. The summed E-state index contributed by atoms with van der Waals surface area (Å²) in [6.07, 6.45) is -2.50. The number of furan rings is 1. The van der Waals surface area contributed by atoms with Crippen molar-refractivity contribution < 1.29 is 22.4 Å². The Kier molecular flexibility index (Phi) is 3.85. The van der Waals surface area contributed by atoms with E-state index in [1.165, 1.54) is 0 Å². The molecule has 1 amide bonds. The van der Waals surface area contributed by atoms with E-state index in [9.17, 15) is 18.0 Å². The lowest BCUT2D eigenvalue weighted by Crippen LogP contribution is -2.50. The first-order valence-corrected chi connectivity index (χ1v) is 7.30. The molecule has 0 spiro atoms.